The minimum absolute atomic E-state index is 0.123. The first-order valence-corrected chi connectivity index (χ1v) is 8.43. The molecule has 1 N–H and O–H groups in total. The van der Waals surface area contributed by atoms with Gasteiger partial charge in [0.05, 0.1) is 27.8 Å². The number of nitriles is 1. The Balaban J connectivity index is 1.94. The van der Waals surface area contributed by atoms with E-state index in [0.717, 1.165) is 32.4 Å². The molecular weight excluding hydrogens is 332 g/mol. The Morgan fingerprint density at radius 2 is 1.92 bits per heavy atom. The van der Waals surface area contributed by atoms with Crippen LogP contribution in [0, 0.1) is 21.4 Å². The summed E-state index contributed by atoms with van der Waals surface area (Å²) in [6, 6.07) is 13.0. The molecule has 1 heterocycles. The van der Waals surface area contributed by atoms with Gasteiger partial charge in [-0.05, 0) is 43.5 Å². The predicted octanol–water partition coefficient (Wildman–Crippen LogP) is 3.71. The Bertz CT molecular complexity index is 883. The lowest BCUT2D eigenvalue weighted by molar-refractivity contribution is -0.384. The fourth-order valence-electron chi connectivity index (χ4n) is 3.09. The van der Waals surface area contributed by atoms with E-state index >= 15 is 0 Å². The normalized spacial score (nSPS) is 13.7. The molecule has 0 bridgehead atoms. The lowest BCUT2D eigenvalue weighted by atomic mass is 10.1. The van der Waals surface area contributed by atoms with Crippen LogP contribution in [-0.2, 0) is 0 Å². The molecule has 7 heteroatoms. The monoisotopic (exact) mass is 350 g/mol. The van der Waals surface area contributed by atoms with E-state index in [9.17, 15) is 14.9 Å². The average molecular weight is 350 g/mol. The van der Waals surface area contributed by atoms with Gasteiger partial charge in [0.15, 0.2) is 0 Å². The highest BCUT2D eigenvalue weighted by molar-refractivity contribution is 6.08. The number of nitro benzene ring substituents is 1. The van der Waals surface area contributed by atoms with Crippen molar-refractivity contribution in [1.29, 1.82) is 5.26 Å². The van der Waals surface area contributed by atoms with Crippen LogP contribution >= 0.6 is 0 Å². The summed E-state index contributed by atoms with van der Waals surface area (Å²) in [6.45, 7) is 1.64. The maximum atomic E-state index is 12.8. The number of carbonyl (C=O) groups is 1. The summed E-state index contributed by atoms with van der Waals surface area (Å²) in [7, 11) is 0. The van der Waals surface area contributed by atoms with Gasteiger partial charge in [-0.3, -0.25) is 14.9 Å². The van der Waals surface area contributed by atoms with E-state index < -0.39 is 10.8 Å². The van der Waals surface area contributed by atoms with E-state index in [-0.39, 0.29) is 11.3 Å². The molecule has 0 radical (unpaired) electrons. The summed E-state index contributed by atoms with van der Waals surface area (Å²) in [5.41, 5.74) is 1.75. The average Bonchev–Trinajstić information content (AvgIpc) is 2.68. The van der Waals surface area contributed by atoms with Gasteiger partial charge in [-0.15, -0.1) is 0 Å². The van der Waals surface area contributed by atoms with Gasteiger partial charge in [0, 0.05) is 30.9 Å². The van der Waals surface area contributed by atoms with Crippen LogP contribution in [0.3, 0.4) is 0 Å². The van der Waals surface area contributed by atoms with E-state index in [1.165, 1.54) is 12.1 Å². The van der Waals surface area contributed by atoms with Crippen molar-refractivity contribution in [3.05, 3.63) is 63.7 Å². The van der Waals surface area contributed by atoms with Gasteiger partial charge in [-0.1, -0.05) is 6.07 Å². The van der Waals surface area contributed by atoms with Crippen molar-refractivity contribution in [2.75, 3.05) is 23.3 Å². The second-order valence-electron chi connectivity index (χ2n) is 6.15. The minimum atomic E-state index is -0.507. The number of amides is 1. The third-order valence-electron chi connectivity index (χ3n) is 4.38. The summed E-state index contributed by atoms with van der Waals surface area (Å²) in [5.74, 6) is -0.427. The Morgan fingerprint density at radius 1 is 1.15 bits per heavy atom. The largest absolute Gasteiger partial charge is 0.371 e. The molecule has 1 saturated heterocycles. The van der Waals surface area contributed by atoms with E-state index in [0.29, 0.717) is 16.9 Å². The number of benzene rings is 2. The number of rotatable bonds is 4. The second-order valence-corrected chi connectivity index (χ2v) is 6.15. The van der Waals surface area contributed by atoms with Crippen molar-refractivity contribution in [3.63, 3.8) is 0 Å². The summed E-state index contributed by atoms with van der Waals surface area (Å²) >= 11 is 0. The highest BCUT2D eigenvalue weighted by Gasteiger charge is 2.22. The second kappa shape index (κ2) is 7.66. The first-order chi connectivity index (χ1) is 12.6. The molecule has 132 valence electrons. The highest BCUT2D eigenvalue weighted by Crippen LogP contribution is 2.29. The standard InChI is InChI=1S/C19H18N4O3/c20-13-14-5-4-6-15(11-14)21-19(24)17-12-16(23(25)26)7-8-18(17)22-9-2-1-3-10-22/h4-8,11-12H,1-3,9-10H2,(H,21,24). The summed E-state index contributed by atoms with van der Waals surface area (Å²) in [6.07, 6.45) is 3.20. The highest BCUT2D eigenvalue weighted by atomic mass is 16.6. The van der Waals surface area contributed by atoms with Crippen molar-refractivity contribution < 1.29 is 9.72 Å². The molecule has 7 nitrogen and oxygen atoms in total. The molecule has 2 aromatic carbocycles. The van der Waals surface area contributed by atoms with Gasteiger partial charge in [-0.2, -0.15) is 5.26 Å². The van der Waals surface area contributed by atoms with Gasteiger partial charge in [0.25, 0.3) is 11.6 Å². The molecule has 0 spiro atoms. The van der Waals surface area contributed by atoms with Crippen LogP contribution in [0.5, 0.6) is 0 Å². The molecule has 1 fully saturated rings. The molecular formula is C19H18N4O3. The third kappa shape index (κ3) is 3.81. The molecule has 1 aliphatic heterocycles. The fourth-order valence-corrected chi connectivity index (χ4v) is 3.09. The third-order valence-corrected chi connectivity index (χ3v) is 4.38. The number of nitrogens with zero attached hydrogens (tertiary/aromatic N) is 3. The van der Waals surface area contributed by atoms with Crippen LogP contribution in [-0.4, -0.2) is 23.9 Å². The Morgan fingerprint density at radius 3 is 2.62 bits per heavy atom. The number of hydrogen-bond acceptors (Lipinski definition) is 5. The summed E-state index contributed by atoms with van der Waals surface area (Å²) in [4.78, 5) is 25.5. The van der Waals surface area contributed by atoms with Crippen LogP contribution in [0.15, 0.2) is 42.5 Å². The molecule has 0 atom stereocenters. The maximum absolute atomic E-state index is 12.8. The Kier molecular flexibility index (Phi) is 5.13. The molecule has 1 amide bonds. The molecule has 0 saturated carbocycles. The molecule has 2 aromatic rings. The van der Waals surface area contributed by atoms with Crippen molar-refractivity contribution in [2.24, 2.45) is 0 Å². The van der Waals surface area contributed by atoms with Gasteiger partial charge >= 0.3 is 0 Å². The predicted molar refractivity (Wildman–Crippen MR) is 98.3 cm³/mol. The number of non-ortho nitro benzene ring substituents is 1. The zero-order chi connectivity index (χ0) is 18.5. The Labute approximate surface area is 151 Å². The van der Waals surface area contributed by atoms with Gasteiger partial charge in [0.2, 0.25) is 0 Å². The Hall–Kier alpha value is -3.40. The number of piperidine rings is 1. The number of hydrogen-bond donors (Lipinski definition) is 1. The summed E-state index contributed by atoms with van der Waals surface area (Å²) < 4.78 is 0. The zero-order valence-electron chi connectivity index (χ0n) is 14.1. The van der Waals surface area contributed by atoms with E-state index in [1.807, 2.05) is 6.07 Å². The first-order valence-electron chi connectivity index (χ1n) is 8.43. The molecule has 0 unspecified atom stereocenters. The quantitative estimate of drug-likeness (QED) is 0.669. The zero-order valence-corrected chi connectivity index (χ0v) is 14.1. The van der Waals surface area contributed by atoms with Crippen molar-refractivity contribution >= 4 is 23.0 Å². The SMILES string of the molecule is N#Cc1cccc(NC(=O)c2cc([N+](=O)[O-])ccc2N2CCCCC2)c1. The van der Waals surface area contributed by atoms with Gasteiger partial charge in [-0.25, -0.2) is 0 Å². The lowest BCUT2D eigenvalue weighted by Crippen LogP contribution is -2.31. The van der Waals surface area contributed by atoms with Crippen LogP contribution < -0.4 is 10.2 Å². The molecule has 3 rings (SSSR count). The van der Waals surface area contributed by atoms with Crippen LogP contribution in [0.4, 0.5) is 17.1 Å². The first kappa shape index (κ1) is 17.4. The van der Waals surface area contributed by atoms with Gasteiger partial charge in [0.1, 0.15) is 0 Å². The molecule has 26 heavy (non-hydrogen) atoms. The fraction of sp³-hybridized carbons (Fsp3) is 0.263. The van der Waals surface area contributed by atoms with Crippen molar-refractivity contribution in [3.8, 4) is 6.07 Å². The number of carbonyl (C=O) groups excluding carboxylic acids is 1. The summed E-state index contributed by atoms with van der Waals surface area (Å²) in [5, 5.41) is 22.8. The van der Waals surface area contributed by atoms with Crippen LogP contribution in [0.2, 0.25) is 0 Å². The van der Waals surface area contributed by atoms with Crippen molar-refractivity contribution in [1.82, 2.24) is 0 Å². The number of anilines is 2. The maximum Gasteiger partial charge on any atom is 0.270 e. The van der Waals surface area contributed by atoms with E-state index in [1.54, 1.807) is 30.3 Å². The van der Waals surface area contributed by atoms with Crippen molar-refractivity contribution in [2.45, 2.75) is 19.3 Å². The molecule has 0 aromatic heterocycles. The van der Waals surface area contributed by atoms with E-state index in [2.05, 4.69) is 10.2 Å². The number of nitro groups is 1. The van der Waals surface area contributed by atoms with Crippen LogP contribution in [0.25, 0.3) is 0 Å². The van der Waals surface area contributed by atoms with E-state index in [4.69, 9.17) is 5.26 Å². The lowest BCUT2D eigenvalue weighted by Gasteiger charge is -2.30. The topological polar surface area (TPSA) is 99.3 Å². The van der Waals surface area contributed by atoms with Crippen LogP contribution in [0.1, 0.15) is 35.2 Å². The molecule has 0 aliphatic carbocycles. The molecule has 1 aliphatic rings. The van der Waals surface area contributed by atoms with Gasteiger partial charge < -0.3 is 10.2 Å². The smallest absolute Gasteiger partial charge is 0.270 e. The number of nitrogens with one attached hydrogen (secondary N) is 1. The minimum Gasteiger partial charge on any atom is -0.371 e.